The number of imidazole rings is 1. The molecule has 1 heterocycles. The Morgan fingerprint density at radius 2 is 1.59 bits per heavy atom. The lowest BCUT2D eigenvalue weighted by molar-refractivity contribution is -0.141. The van der Waals surface area contributed by atoms with Gasteiger partial charge < -0.3 is 36.9 Å². The van der Waals surface area contributed by atoms with E-state index in [4.69, 9.17) is 10.8 Å². The third kappa shape index (κ3) is 8.70. The summed E-state index contributed by atoms with van der Waals surface area (Å²) < 4.78 is 0. The van der Waals surface area contributed by atoms with Crippen molar-refractivity contribution in [3.05, 3.63) is 54.1 Å². The third-order valence-electron chi connectivity index (χ3n) is 4.67. The number of nitrogens with one attached hydrogen (secondary N) is 4. The molecule has 2 aromatic rings. The van der Waals surface area contributed by atoms with Gasteiger partial charge in [-0.3, -0.25) is 24.0 Å². The van der Waals surface area contributed by atoms with E-state index >= 15 is 0 Å². The van der Waals surface area contributed by atoms with E-state index in [0.29, 0.717) is 5.69 Å². The van der Waals surface area contributed by atoms with Crippen molar-refractivity contribution in [1.82, 2.24) is 25.9 Å². The molecule has 0 fully saturated rings. The first-order valence-corrected chi connectivity index (χ1v) is 10.2. The molecule has 182 valence electrons. The summed E-state index contributed by atoms with van der Waals surface area (Å²) in [6.45, 7) is -0.683. The van der Waals surface area contributed by atoms with Crippen LogP contribution in [0.1, 0.15) is 17.7 Å². The van der Waals surface area contributed by atoms with Crippen LogP contribution in [0.5, 0.6) is 0 Å². The highest BCUT2D eigenvalue weighted by molar-refractivity contribution is 5.95. The Balaban J connectivity index is 2.10. The van der Waals surface area contributed by atoms with Crippen LogP contribution in [-0.4, -0.2) is 74.5 Å². The number of carboxylic acid groups (broad SMARTS) is 2. The Labute approximate surface area is 194 Å². The molecule has 0 saturated carbocycles. The molecule has 0 aliphatic rings. The van der Waals surface area contributed by atoms with Gasteiger partial charge in [0.05, 0.1) is 18.8 Å². The van der Waals surface area contributed by atoms with Crippen LogP contribution >= 0.6 is 0 Å². The minimum absolute atomic E-state index is 0.0849. The maximum absolute atomic E-state index is 12.8. The predicted molar refractivity (Wildman–Crippen MR) is 117 cm³/mol. The molecule has 8 N–H and O–H groups in total. The Kier molecular flexibility index (Phi) is 9.71. The van der Waals surface area contributed by atoms with E-state index in [1.165, 1.54) is 12.5 Å². The summed E-state index contributed by atoms with van der Waals surface area (Å²) in [6.07, 6.45) is 2.07. The van der Waals surface area contributed by atoms with Crippen molar-refractivity contribution in [2.75, 3.05) is 6.54 Å². The van der Waals surface area contributed by atoms with Crippen molar-refractivity contribution in [3.8, 4) is 0 Å². The number of hydrogen-bond donors (Lipinski definition) is 7. The normalized spacial score (nSPS) is 13.2. The van der Waals surface area contributed by atoms with Gasteiger partial charge in [0.15, 0.2) is 0 Å². The molecule has 0 aliphatic carbocycles. The molecule has 0 aliphatic heterocycles. The zero-order valence-corrected chi connectivity index (χ0v) is 18.1. The summed E-state index contributed by atoms with van der Waals surface area (Å²) in [6, 6.07) is 5.04. The molecule has 1 aromatic carbocycles. The maximum atomic E-state index is 12.8. The molecule has 2 rings (SSSR count). The lowest BCUT2D eigenvalue weighted by Gasteiger charge is -2.23. The molecule has 3 amide bonds. The molecule has 1 aromatic heterocycles. The van der Waals surface area contributed by atoms with Crippen LogP contribution in [0.3, 0.4) is 0 Å². The van der Waals surface area contributed by atoms with Crippen LogP contribution in [-0.2, 0) is 36.8 Å². The Morgan fingerprint density at radius 1 is 0.912 bits per heavy atom. The number of benzene rings is 1. The molecular formula is C21H26N6O7. The van der Waals surface area contributed by atoms with Crippen molar-refractivity contribution in [3.63, 3.8) is 0 Å². The molecule has 13 nitrogen and oxygen atoms in total. The van der Waals surface area contributed by atoms with Crippen molar-refractivity contribution >= 4 is 29.7 Å². The van der Waals surface area contributed by atoms with E-state index in [2.05, 4.69) is 25.9 Å². The number of nitrogens with zero attached hydrogens (tertiary/aromatic N) is 1. The van der Waals surface area contributed by atoms with E-state index < -0.39 is 60.8 Å². The standard InChI is InChI=1S/C21H26N6O7/c22-14(6-12-4-2-1-3-5-12)19(32)26-16(8-17(28)29)21(34)27-15(7-13-9-23-11-25-13)20(33)24-10-18(30)31/h1-5,9,11,14-16H,6-8,10,22H2,(H,23,25)(H,24,33)(H,26,32)(H,27,34)(H,28,29)(H,30,31). The summed E-state index contributed by atoms with van der Waals surface area (Å²) >= 11 is 0. The Hall–Kier alpha value is -4.26. The Bertz CT molecular complexity index is 996. The number of aliphatic carboxylic acids is 2. The summed E-state index contributed by atoms with van der Waals surface area (Å²) in [5, 5.41) is 24.8. The lowest BCUT2D eigenvalue weighted by Crippen LogP contribution is -2.57. The fraction of sp³-hybridized carbons (Fsp3) is 0.333. The largest absolute Gasteiger partial charge is 0.481 e. The van der Waals surface area contributed by atoms with E-state index in [-0.39, 0.29) is 12.8 Å². The minimum Gasteiger partial charge on any atom is -0.481 e. The summed E-state index contributed by atoms with van der Waals surface area (Å²) in [4.78, 5) is 66.4. The third-order valence-corrected chi connectivity index (χ3v) is 4.67. The first-order valence-electron chi connectivity index (χ1n) is 10.2. The minimum atomic E-state index is -1.52. The van der Waals surface area contributed by atoms with Crippen LogP contribution in [0.2, 0.25) is 0 Å². The molecule has 13 heteroatoms. The van der Waals surface area contributed by atoms with Crippen LogP contribution in [0, 0.1) is 0 Å². The van der Waals surface area contributed by atoms with Gasteiger partial charge in [0.1, 0.15) is 18.6 Å². The number of carbonyl (C=O) groups is 5. The molecule has 0 radical (unpaired) electrons. The van der Waals surface area contributed by atoms with Gasteiger partial charge >= 0.3 is 11.9 Å². The zero-order valence-electron chi connectivity index (χ0n) is 18.1. The first kappa shape index (κ1) is 26.0. The lowest BCUT2D eigenvalue weighted by atomic mass is 10.0. The number of aromatic amines is 1. The summed E-state index contributed by atoms with van der Waals surface area (Å²) in [7, 11) is 0. The fourth-order valence-corrected chi connectivity index (χ4v) is 3.01. The van der Waals surface area contributed by atoms with Gasteiger partial charge in [-0.2, -0.15) is 0 Å². The van der Waals surface area contributed by atoms with Crippen LogP contribution in [0.15, 0.2) is 42.9 Å². The highest BCUT2D eigenvalue weighted by atomic mass is 16.4. The van der Waals surface area contributed by atoms with Gasteiger partial charge in [-0.25, -0.2) is 4.98 Å². The number of hydrogen-bond acceptors (Lipinski definition) is 7. The molecule has 0 saturated heterocycles. The molecular weight excluding hydrogens is 448 g/mol. The molecule has 34 heavy (non-hydrogen) atoms. The van der Waals surface area contributed by atoms with Crippen molar-refractivity contribution < 1.29 is 34.2 Å². The van der Waals surface area contributed by atoms with Crippen LogP contribution in [0.4, 0.5) is 0 Å². The Morgan fingerprint density at radius 3 is 2.18 bits per heavy atom. The SMILES string of the molecule is NC(Cc1ccccc1)C(=O)NC(CC(=O)O)C(=O)NC(Cc1cnc[nH]1)C(=O)NCC(=O)O. The quantitative estimate of drug-likeness (QED) is 0.173. The van der Waals surface area contributed by atoms with Crippen LogP contribution in [0.25, 0.3) is 0 Å². The molecule has 3 atom stereocenters. The monoisotopic (exact) mass is 474 g/mol. The number of aromatic nitrogens is 2. The van der Waals surface area contributed by atoms with Crippen molar-refractivity contribution in [2.24, 2.45) is 5.73 Å². The number of nitrogens with two attached hydrogens (primary N) is 1. The van der Waals surface area contributed by atoms with Gasteiger partial charge in [-0.05, 0) is 12.0 Å². The number of rotatable bonds is 13. The van der Waals surface area contributed by atoms with Crippen molar-refractivity contribution in [1.29, 1.82) is 0 Å². The van der Waals surface area contributed by atoms with Gasteiger partial charge in [0, 0.05) is 18.3 Å². The smallest absolute Gasteiger partial charge is 0.322 e. The van der Waals surface area contributed by atoms with Gasteiger partial charge in [-0.15, -0.1) is 0 Å². The summed E-state index contributed by atoms with van der Waals surface area (Å²) in [5.74, 6) is -5.16. The van der Waals surface area contributed by atoms with Gasteiger partial charge in [0.2, 0.25) is 17.7 Å². The van der Waals surface area contributed by atoms with E-state index in [9.17, 15) is 29.1 Å². The molecule has 3 unspecified atom stereocenters. The van der Waals surface area contributed by atoms with E-state index in [1.807, 2.05) is 0 Å². The topological polar surface area (TPSA) is 217 Å². The van der Waals surface area contributed by atoms with E-state index in [0.717, 1.165) is 5.56 Å². The average molecular weight is 474 g/mol. The van der Waals surface area contributed by atoms with E-state index in [1.54, 1.807) is 30.3 Å². The highest BCUT2D eigenvalue weighted by Gasteiger charge is 2.30. The second-order valence-corrected chi connectivity index (χ2v) is 7.41. The number of carbonyl (C=O) groups excluding carboxylic acids is 3. The first-order chi connectivity index (χ1) is 16.2. The second kappa shape index (κ2) is 12.7. The van der Waals surface area contributed by atoms with Gasteiger partial charge in [-0.1, -0.05) is 30.3 Å². The van der Waals surface area contributed by atoms with Gasteiger partial charge in [0.25, 0.3) is 0 Å². The maximum Gasteiger partial charge on any atom is 0.322 e. The highest BCUT2D eigenvalue weighted by Crippen LogP contribution is 2.04. The molecule has 0 spiro atoms. The van der Waals surface area contributed by atoms with Crippen LogP contribution < -0.4 is 21.7 Å². The second-order valence-electron chi connectivity index (χ2n) is 7.41. The number of H-pyrrole nitrogens is 1. The fourth-order valence-electron chi connectivity index (χ4n) is 3.01. The summed E-state index contributed by atoms with van der Waals surface area (Å²) in [5.41, 5.74) is 7.15. The number of carboxylic acids is 2. The zero-order chi connectivity index (χ0) is 25.1. The average Bonchev–Trinajstić information content (AvgIpc) is 3.30. The molecule has 0 bridgehead atoms. The van der Waals surface area contributed by atoms with Crippen molar-refractivity contribution in [2.45, 2.75) is 37.4 Å². The number of amides is 3. The predicted octanol–water partition coefficient (Wildman–Crippen LogP) is -1.83.